The first-order chi connectivity index (χ1) is 13.7. The maximum atomic E-state index is 13.0. The zero-order chi connectivity index (χ0) is 19.5. The van der Waals surface area contributed by atoms with Crippen molar-refractivity contribution >= 4 is 22.9 Å². The molecule has 4 rings (SSSR count). The number of anilines is 2. The van der Waals surface area contributed by atoms with Crippen LogP contribution in [-0.2, 0) is 6.42 Å². The molecule has 1 aromatic carbocycles. The maximum Gasteiger partial charge on any atom is 0.274 e. The van der Waals surface area contributed by atoms with Crippen molar-refractivity contribution in [2.75, 3.05) is 43.4 Å². The van der Waals surface area contributed by atoms with Gasteiger partial charge in [-0.05, 0) is 49.9 Å². The molecule has 1 aliphatic rings. The van der Waals surface area contributed by atoms with Gasteiger partial charge < -0.3 is 15.1 Å². The van der Waals surface area contributed by atoms with Gasteiger partial charge in [0.25, 0.3) is 5.91 Å². The minimum atomic E-state index is -0.116. The lowest BCUT2D eigenvalue weighted by Crippen LogP contribution is -2.44. The molecular weight excluding hydrogens is 350 g/mol. The van der Waals surface area contributed by atoms with E-state index in [4.69, 9.17) is 0 Å². The molecule has 0 saturated carbocycles. The van der Waals surface area contributed by atoms with Crippen LogP contribution in [0.1, 0.15) is 29.5 Å². The molecule has 6 nitrogen and oxygen atoms in total. The van der Waals surface area contributed by atoms with Crippen LogP contribution in [0.3, 0.4) is 0 Å². The lowest BCUT2D eigenvalue weighted by atomic mass is 10.2. The molecule has 1 aliphatic heterocycles. The quantitative estimate of drug-likeness (QED) is 0.741. The number of pyridine rings is 1. The lowest BCUT2D eigenvalue weighted by molar-refractivity contribution is 0.102. The first-order valence-electron chi connectivity index (χ1n) is 9.96. The van der Waals surface area contributed by atoms with Gasteiger partial charge in [0.2, 0.25) is 0 Å². The predicted octanol–water partition coefficient (Wildman–Crippen LogP) is 3.29. The normalized spacial score (nSPS) is 15.1. The van der Waals surface area contributed by atoms with E-state index in [0.29, 0.717) is 5.69 Å². The molecule has 1 amide bonds. The van der Waals surface area contributed by atoms with Gasteiger partial charge in [0.05, 0.1) is 5.69 Å². The Labute approximate surface area is 165 Å². The number of rotatable bonds is 5. The number of hydrogen-bond donors (Lipinski definition) is 1. The van der Waals surface area contributed by atoms with Crippen molar-refractivity contribution in [3.05, 3.63) is 60.0 Å². The molecule has 28 heavy (non-hydrogen) atoms. The highest BCUT2D eigenvalue weighted by atomic mass is 16.2. The lowest BCUT2D eigenvalue weighted by Gasteiger charge is -2.34. The fraction of sp³-hybridized carbons (Fsp3) is 0.364. The monoisotopic (exact) mass is 377 g/mol. The number of carbonyl (C=O) groups excluding carboxylic acids is 1. The summed E-state index contributed by atoms with van der Waals surface area (Å²) < 4.78 is 1.87. The van der Waals surface area contributed by atoms with E-state index in [1.54, 1.807) is 0 Å². The van der Waals surface area contributed by atoms with Crippen LogP contribution in [0, 0.1) is 0 Å². The first-order valence-corrected chi connectivity index (χ1v) is 9.96. The largest absolute Gasteiger partial charge is 0.369 e. The third-order valence-corrected chi connectivity index (χ3v) is 5.30. The Morgan fingerprint density at radius 3 is 2.54 bits per heavy atom. The number of carbonyl (C=O) groups is 1. The van der Waals surface area contributed by atoms with Gasteiger partial charge in [-0.3, -0.25) is 9.20 Å². The SMILES string of the molecule is CCCc1nc2ccccn2c1C(=O)Nc1ccc(N2CCN(C)CC2)cc1. The Kier molecular flexibility index (Phi) is 5.30. The zero-order valence-corrected chi connectivity index (χ0v) is 16.6. The fourth-order valence-electron chi connectivity index (χ4n) is 3.71. The van der Waals surface area contributed by atoms with Gasteiger partial charge in [-0.15, -0.1) is 0 Å². The minimum Gasteiger partial charge on any atom is -0.369 e. The molecule has 0 unspecified atom stereocenters. The summed E-state index contributed by atoms with van der Waals surface area (Å²) in [5.74, 6) is -0.116. The number of imidazole rings is 1. The number of piperazine rings is 1. The number of nitrogens with one attached hydrogen (secondary N) is 1. The van der Waals surface area contributed by atoms with Crippen molar-refractivity contribution in [3.8, 4) is 0 Å². The summed E-state index contributed by atoms with van der Waals surface area (Å²) in [6, 6.07) is 13.9. The highest BCUT2D eigenvalue weighted by Gasteiger charge is 2.19. The molecule has 146 valence electrons. The summed E-state index contributed by atoms with van der Waals surface area (Å²) in [6.07, 6.45) is 3.63. The van der Waals surface area contributed by atoms with Gasteiger partial charge in [0, 0.05) is 43.8 Å². The van der Waals surface area contributed by atoms with E-state index in [9.17, 15) is 4.79 Å². The number of nitrogens with zero attached hydrogens (tertiary/aromatic N) is 4. The zero-order valence-electron chi connectivity index (χ0n) is 16.6. The van der Waals surface area contributed by atoms with Crippen LogP contribution in [0.15, 0.2) is 48.7 Å². The number of aryl methyl sites for hydroxylation is 1. The molecule has 1 fully saturated rings. The maximum absolute atomic E-state index is 13.0. The minimum absolute atomic E-state index is 0.116. The second-order valence-electron chi connectivity index (χ2n) is 7.38. The smallest absolute Gasteiger partial charge is 0.274 e. The molecule has 0 bridgehead atoms. The van der Waals surface area contributed by atoms with Crippen molar-refractivity contribution in [2.24, 2.45) is 0 Å². The molecule has 6 heteroatoms. The summed E-state index contributed by atoms with van der Waals surface area (Å²) in [5, 5.41) is 3.05. The average molecular weight is 377 g/mol. The molecule has 1 saturated heterocycles. The number of fused-ring (bicyclic) bond motifs is 1. The van der Waals surface area contributed by atoms with E-state index in [0.717, 1.165) is 56.0 Å². The van der Waals surface area contributed by atoms with Crippen LogP contribution < -0.4 is 10.2 Å². The van der Waals surface area contributed by atoms with E-state index < -0.39 is 0 Å². The Morgan fingerprint density at radius 2 is 1.82 bits per heavy atom. The number of likely N-dealkylation sites (N-methyl/N-ethyl adjacent to an activating group) is 1. The highest BCUT2D eigenvalue weighted by Crippen LogP contribution is 2.21. The second-order valence-corrected chi connectivity index (χ2v) is 7.38. The molecule has 1 N–H and O–H groups in total. The number of aromatic nitrogens is 2. The Balaban J connectivity index is 1.52. The molecule has 3 aromatic rings. The summed E-state index contributed by atoms with van der Waals surface area (Å²) in [6.45, 7) is 6.32. The van der Waals surface area contributed by atoms with Gasteiger partial charge in [-0.2, -0.15) is 0 Å². The molecule has 0 atom stereocenters. The van der Waals surface area contributed by atoms with Gasteiger partial charge in [0.1, 0.15) is 11.3 Å². The third kappa shape index (κ3) is 3.73. The molecule has 0 aliphatic carbocycles. The van der Waals surface area contributed by atoms with Crippen LogP contribution in [0.4, 0.5) is 11.4 Å². The van der Waals surface area contributed by atoms with Gasteiger partial charge in [0.15, 0.2) is 0 Å². The van der Waals surface area contributed by atoms with Crippen molar-refractivity contribution in [3.63, 3.8) is 0 Å². The molecular formula is C22H27N5O. The van der Waals surface area contributed by atoms with Crippen molar-refractivity contribution in [1.29, 1.82) is 0 Å². The summed E-state index contributed by atoms with van der Waals surface area (Å²) in [5.41, 5.74) is 4.28. The molecule has 2 aromatic heterocycles. The second kappa shape index (κ2) is 8.02. The fourth-order valence-corrected chi connectivity index (χ4v) is 3.71. The van der Waals surface area contributed by atoms with Crippen LogP contribution >= 0.6 is 0 Å². The number of hydrogen-bond acceptors (Lipinski definition) is 4. The molecule has 0 spiro atoms. The topological polar surface area (TPSA) is 52.9 Å². The molecule has 0 radical (unpaired) electrons. The standard InChI is InChI=1S/C22H27N5O/c1-3-6-19-21(27-12-5-4-7-20(27)24-19)22(28)23-17-8-10-18(11-9-17)26-15-13-25(2)14-16-26/h4-5,7-12H,3,6,13-16H2,1-2H3,(H,23,28). The average Bonchev–Trinajstić information content (AvgIpc) is 3.07. The van der Waals surface area contributed by atoms with Gasteiger partial charge in [-0.25, -0.2) is 4.98 Å². The van der Waals surface area contributed by atoms with E-state index >= 15 is 0 Å². The van der Waals surface area contributed by atoms with E-state index in [2.05, 4.69) is 46.2 Å². The van der Waals surface area contributed by atoms with Crippen molar-refractivity contribution < 1.29 is 4.79 Å². The van der Waals surface area contributed by atoms with Crippen LogP contribution in [0.5, 0.6) is 0 Å². The highest BCUT2D eigenvalue weighted by molar-refractivity contribution is 6.04. The summed E-state index contributed by atoms with van der Waals surface area (Å²) >= 11 is 0. The van der Waals surface area contributed by atoms with Gasteiger partial charge >= 0.3 is 0 Å². The van der Waals surface area contributed by atoms with Crippen LogP contribution in [0.25, 0.3) is 5.65 Å². The summed E-state index contributed by atoms with van der Waals surface area (Å²) in [7, 11) is 2.16. The first kappa shape index (κ1) is 18.5. The Morgan fingerprint density at radius 1 is 1.07 bits per heavy atom. The number of benzene rings is 1. The Bertz CT molecular complexity index is 955. The Hall–Kier alpha value is -2.86. The molecule has 3 heterocycles. The summed E-state index contributed by atoms with van der Waals surface area (Å²) in [4.78, 5) is 22.4. The van der Waals surface area contributed by atoms with Crippen molar-refractivity contribution in [1.82, 2.24) is 14.3 Å². The number of amides is 1. The van der Waals surface area contributed by atoms with E-state index in [1.807, 2.05) is 40.9 Å². The van der Waals surface area contributed by atoms with Gasteiger partial charge in [-0.1, -0.05) is 19.4 Å². The van der Waals surface area contributed by atoms with E-state index in [-0.39, 0.29) is 5.91 Å². The third-order valence-electron chi connectivity index (χ3n) is 5.30. The van der Waals surface area contributed by atoms with Crippen LogP contribution in [0.2, 0.25) is 0 Å². The van der Waals surface area contributed by atoms with E-state index in [1.165, 1.54) is 5.69 Å². The van der Waals surface area contributed by atoms with Crippen LogP contribution in [-0.4, -0.2) is 53.4 Å². The predicted molar refractivity (Wildman–Crippen MR) is 113 cm³/mol. The van der Waals surface area contributed by atoms with Crippen molar-refractivity contribution in [2.45, 2.75) is 19.8 Å².